The Morgan fingerprint density at radius 1 is 0.818 bits per heavy atom. The highest BCUT2D eigenvalue weighted by atomic mass is 16.4. The second kappa shape index (κ2) is 16.9. The number of carbonyl (C=O) groups is 6. The number of fused-ring (bicyclic) bond motifs is 1. The van der Waals surface area contributed by atoms with E-state index in [-0.39, 0.29) is 24.7 Å². The number of benzene rings is 1. The number of carboxylic acid groups (broad SMARTS) is 1. The van der Waals surface area contributed by atoms with Crippen LogP contribution >= 0.6 is 0 Å². The van der Waals surface area contributed by atoms with Crippen LogP contribution < -0.4 is 27.0 Å². The molecule has 0 radical (unpaired) electrons. The fourth-order valence-corrected chi connectivity index (χ4v) is 4.56. The van der Waals surface area contributed by atoms with Crippen molar-refractivity contribution in [2.24, 2.45) is 17.6 Å². The molecule has 1 heterocycles. The molecule has 0 aliphatic heterocycles. The highest BCUT2D eigenvalue weighted by Gasteiger charge is 2.31. The number of amides is 4. The Labute approximate surface area is 256 Å². The zero-order chi connectivity index (χ0) is 33.0. The van der Waals surface area contributed by atoms with Crippen molar-refractivity contribution in [2.75, 3.05) is 0 Å². The Bertz CT molecular complexity index is 1350. The van der Waals surface area contributed by atoms with Crippen molar-refractivity contribution in [3.63, 3.8) is 0 Å². The van der Waals surface area contributed by atoms with Gasteiger partial charge in [-0.2, -0.15) is 0 Å². The number of nitrogens with one attached hydrogen (secondary N) is 5. The molecule has 13 nitrogen and oxygen atoms in total. The van der Waals surface area contributed by atoms with Crippen LogP contribution in [0.2, 0.25) is 0 Å². The summed E-state index contributed by atoms with van der Waals surface area (Å²) in [5.74, 6) is -3.73. The Morgan fingerprint density at radius 2 is 1.34 bits per heavy atom. The van der Waals surface area contributed by atoms with Crippen molar-refractivity contribution in [3.05, 3.63) is 48.2 Å². The van der Waals surface area contributed by atoms with Gasteiger partial charge in [-0.1, -0.05) is 45.9 Å². The number of nitrogens with two attached hydrogens (primary N) is 1. The van der Waals surface area contributed by atoms with E-state index in [0.717, 1.165) is 23.1 Å². The molecule has 0 unspecified atom stereocenters. The van der Waals surface area contributed by atoms with Crippen LogP contribution in [0, 0.1) is 11.8 Å². The number of rotatable bonds is 17. The molecule has 0 spiro atoms. The van der Waals surface area contributed by atoms with Gasteiger partial charge in [-0.3, -0.25) is 19.2 Å². The molecule has 0 bridgehead atoms. The number of aromatic nitrogens is 1. The molecule has 8 N–H and O–H groups in total. The van der Waals surface area contributed by atoms with Crippen molar-refractivity contribution >= 4 is 46.8 Å². The second-order valence-electron chi connectivity index (χ2n) is 11.7. The van der Waals surface area contributed by atoms with Crippen molar-refractivity contribution in [3.8, 4) is 0 Å². The number of para-hydroxylation sites is 1. The van der Waals surface area contributed by atoms with Gasteiger partial charge in [0.2, 0.25) is 23.6 Å². The zero-order valence-corrected chi connectivity index (χ0v) is 25.8. The van der Waals surface area contributed by atoms with E-state index in [1.807, 2.05) is 52.0 Å². The lowest BCUT2D eigenvalue weighted by molar-refractivity contribution is -0.134. The van der Waals surface area contributed by atoms with Crippen LogP contribution in [0.1, 0.15) is 53.0 Å². The van der Waals surface area contributed by atoms with Crippen LogP contribution in [0.15, 0.2) is 42.6 Å². The van der Waals surface area contributed by atoms with E-state index in [9.17, 15) is 28.8 Å². The van der Waals surface area contributed by atoms with Crippen LogP contribution in [0.25, 0.3) is 10.9 Å². The molecule has 0 aliphatic rings. The Kier molecular flexibility index (Phi) is 13.7. The van der Waals surface area contributed by atoms with Gasteiger partial charge in [-0.15, -0.1) is 0 Å². The third-order valence-electron chi connectivity index (χ3n) is 6.73. The second-order valence-corrected chi connectivity index (χ2v) is 11.7. The maximum atomic E-state index is 13.7. The van der Waals surface area contributed by atoms with Crippen LogP contribution in [0.3, 0.4) is 0 Å². The van der Waals surface area contributed by atoms with E-state index in [1.165, 1.54) is 6.92 Å². The van der Waals surface area contributed by atoms with Crippen molar-refractivity contribution < 1.29 is 33.9 Å². The topological polar surface area (TPSA) is 213 Å². The van der Waals surface area contributed by atoms with Crippen molar-refractivity contribution in [1.82, 2.24) is 26.3 Å². The molecule has 240 valence electrons. The van der Waals surface area contributed by atoms with E-state index in [1.54, 1.807) is 6.20 Å². The molecular weight excluding hydrogens is 568 g/mol. The number of hydrogen-bond donors (Lipinski definition) is 7. The summed E-state index contributed by atoms with van der Waals surface area (Å²) in [6.07, 6.45) is 4.40. The maximum Gasteiger partial charge on any atom is 0.328 e. The molecule has 2 rings (SSSR count). The van der Waals surface area contributed by atoms with E-state index in [4.69, 9.17) is 10.8 Å². The summed E-state index contributed by atoms with van der Waals surface area (Å²) in [6, 6.07) is 2.12. The summed E-state index contributed by atoms with van der Waals surface area (Å²) in [6.45, 7) is 9.02. The Hall–Kier alpha value is -4.52. The minimum Gasteiger partial charge on any atom is -0.478 e. The van der Waals surface area contributed by atoms with Crippen molar-refractivity contribution in [1.29, 1.82) is 0 Å². The molecular formula is C31H44N6O7. The standard InChI is InChI=1S/C31H44N6O7/c1-17(2)12-24(35-28(41)19(5)32)30(43)36-25(13-18(3)4)31(44)37-26(29(42)34-21(16-38)10-11-27(39)40)14-20-15-33-23-9-7-6-8-22(20)23/h6-11,15-19,21,24-26,33H,12-14,32H2,1-5H3,(H,34,42)(H,35,41)(H,36,43)(H,37,44)(H,39,40)/b11-10+/t19-,21+,24+,25-,26+/m0/s1. The molecule has 2 aromatic rings. The van der Waals surface area contributed by atoms with E-state index in [0.29, 0.717) is 18.3 Å². The third-order valence-corrected chi connectivity index (χ3v) is 6.73. The number of aliphatic carboxylic acids is 1. The van der Waals surface area contributed by atoms with Gasteiger partial charge in [0.05, 0.1) is 6.04 Å². The average Bonchev–Trinajstić information content (AvgIpc) is 3.35. The minimum absolute atomic E-state index is 0.0264. The number of H-pyrrole nitrogens is 1. The lowest BCUT2D eigenvalue weighted by atomic mass is 9.99. The van der Waals surface area contributed by atoms with Gasteiger partial charge in [-0.05, 0) is 49.3 Å². The summed E-state index contributed by atoms with van der Waals surface area (Å²) >= 11 is 0. The fourth-order valence-electron chi connectivity index (χ4n) is 4.56. The number of hydrogen-bond acceptors (Lipinski definition) is 7. The van der Waals surface area contributed by atoms with Crippen molar-refractivity contribution in [2.45, 2.75) is 84.1 Å². The Morgan fingerprint density at radius 3 is 1.86 bits per heavy atom. The van der Waals surface area contributed by atoms with Gasteiger partial charge in [0.1, 0.15) is 30.5 Å². The first-order valence-electron chi connectivity index (χ1n) is 14.6. The highest BCUT2D eigenvalue weighted by Crippen LogP contribution is 2.19. The lowest BCUT2D eigenvalue weighted by Crippen LogP contribution is -2.58. The van der Waals surface area contributed by atoms with Gasteiger partial charge < -0.3 is 41.9 Å². The number of carboxylic acids is 1. The predicted molar refractivity (Wildman–Crippen MR) is 165 cm³/mol. The summed E-state index contributed by atoms with van der Waals surface area (Å²) < 4.78 is 0. The largest absolute Gasteiger partial charge is 0.478 e. The molecule has 0 saturated carbocycles. The molecule has 5 atom stereocenters. The number of aldehydes is 1. The normalized spacial score (nSPS) is 14.9. The van der Waals surface area contributed by atoms with Crippen LogP contribution in [0.5, 0.6) is 0 Å². The fraction of sp³-hybridized carbons (Fsp3) is 0.484. The lowest BCUT2D eigenvalue weighted by Gasteiger charge is -2.27. The van der Waals surface area contributed by atoms with Gasteiger partial charge >= 0.3 is 5.97 Å². The Balaban J connectivity index is 2.36. The quantitative estimate of drug-likeness (QED) is 0.101. The molecule has 1 aromatic heterocycles. The van der Waals surface area contributed by atoms with E-state index >= 15 is 0 Å². The van der Waals surface area contributed by atoms with Gasteiger partial charge in [0.15, 0.2) is 0 Å². The average molecular weight is 613 g/mol. The van der Waals surface area contributed by atoms with E-state index < -0.39 is 59.8 Å². The maximum absolute atomic E-state index is 13.7. The van der Waals surface area contributed by atoms with E-state index in [2.05, 4.69) is 26.3 Å². The molecule has 0 fully saturated rings. The molecule has 4 amide bonds. The first-order valence-corrected chi connectivity index (χ1v) is 14.6. The highest BCUT2D eigenvalue weighted by molar-refractivity contribution is 5.96. The summed E-state index contributed by atoms with van der Waals surface area (Å²) in [7, 11) is 0. The number of carbonyl (C=O) groups excluding carboxylic acids is 5. The summed E-state index contributed by atoms with van der Waals surface area (Å²) in [4.78, 5) is 78.3. The molecule has 44 heavy (non-hydrogen) atoms. The third kappa shape index (κ3) is 11.3. The minimum atomic E-state index is -1.30. The van der Waals surface area contributed by atoms with Crippen LogP contribution in [0.4, 0.5) is 0 Å². The predicted octanol–water partition coefficient (Wildman–Crippen LogP) is 0.929. The molecule has 1 aromatic carbocycles. The van der Waals surface area contributed by atoms with Gasteiger partial charge in [0, 0.05) is 29.6 Å². The van der Waals surface area contributed by atoms with Gasteiger partial charge in [0.25, 0.3) is 0 Å². The monoisotopic (exact) mass is 612 g/mol. The van der Waals surface area contributed by atoms with Crippen LogP contribution in [-0.2, 0) is 35.2 Å². The first kappa shape index (κ1) is 35.7. The van der Waals surface area contributed by atoms with Crippen LogP contribution in [-0.4, -0.2) is 76.2 Å². The summed E-state index contributed by atoms with van der Waals surface area (Å²) in [5, 5.41) is 20.3. The zero-order valence-electron chi connectivity index (χ0n) is 25.8. The molecule has 0 saturated heterocycles. The molecule has 0 aliphatic carbocycles. The summed E-state index contributed by atoms with van der Waals surface area (Å²) in [5.41, 5.74) is 7.21. The first-order chi connectivity index (χ1) is 20.7. The smallest absolute Gasteiger partial charge is 0.328 e. The SMILES string of the molecule is CC(C)C[C@H](NC(=O)[C@@H](CC(C)C)NC(=O)[C@H](C)N)C(=O)N[C@H](Cc1c[nH]c2ccccc12)C(=O)N[C@@H](C=O)/C=C/C(=O)O. The molecule has 13 heteroatoms. The number of aromatic amines is 1. The van der Waals surface area contributed by atoms with Gasteiger partial charge in [-0.25, -0.2) is 4.79 Å².